The fraction of sp³-hybridized carbons (Fsp3) is 0.875. The molecular formula is C16H27N3O. The van der Waals surface area contributed by atoms with Crippen molar-refractivity contribution in [3.63, 3.8) is 0 Å². The van der Waals surface area contributed by atoms with E-state index in [1.54, 1.807) is 6.33 Å². The van der Waals surface area contributed by atoms with Crippen LogP contribution >= 0.6 is 0 Å². The van der Waals surface area contributed by atoms with Crippen molar-refractivity contribution in [1.29, 1.82) is 0 Å². The zero-order chi connectivity index (χ0) is 14.8. The van der Waals surface area contributed by atoms with Crippen LogP contribution in [0, 0.1) is 16.7 Å². The Hall–Kier alpha value is -0.900. The third-order valence-corrected chi connectivity index (χ3v) is 6.38. The molecule has 0 aromatic carbocycles. The summed E-state index contributed by atoms with van der Waals surface area (Å²) in [4.78, 5) is 4.42. The lowest BCUT2D eigenvalue weighted by molar-refractivity contribution is -0.143. The number of aliphatic hydroxyl groups is 1. The van der Waals surface area contributed by atoms with Crippen LogP contribution in [0.15, 0.2) is 6.33 Å². The van der Waals surface area contributed by atoms with Crippen molar-refractivity contribution in [3.05, 3.63) is 12.2 Å². The molecule has 112 valence electrons. The second kappa shape index (κ2) is 4.06. The number of hydrogen-bond acceptors (Lipinski definition) is 3. The van der Waals surface area contributed by atoms with Crippen molar-refractivity contribution >= 4 is 0 Å². The molecule has 1 aromatic rings. The van der Waals surface area contributed by atoms with Gasteiger partial charge in [-0.25, -0.2) is 9.67 Å². The lowest BCUT2D eigenvalue weighted by Crippen LogP contribution is -2.56. The van der Waals surface area contributed by atoms with Crippen molar-refractivity contribution in [2.45, 2.75) is 71.9 Å². The summed E-state index contributed by atoms with van der Waals surface area (Å²) in [6.45, 7) is 10.9. The molecule has 4 heteroatoms. The van der Waals surface area contributed by atoms with Crippen molar-refractivity contribution in [1.82, 2.24) is 14.8 Å². The maximum absolute atomic E-state index is 11.6. The van der Waals surface area contributed by atoms with E-state index in [0.29, 0.717) is 12.3 Å². The molecule has 4 nitrogen and oxygen atoms in total. The molecule has 2 saturated carbocycles. The molecule has 20 heavy (non-hydrogen) atoms. The summed E-state index contributed by atoms with van der Waals surface area (Å²) in [5, 5.41) is 15.9. The Morgan fingerprint density at radius 2 is 2.10 bits per heavy atom. The van der Waals surface area contributed by atoms with Gasteiger partial charge in [-0.15, -0.1) is 0 Å². The van der Waals surface area contributed by atoms with E-state index >= 15 is 0 Å². The molecule has 2 aliphatic carbocycles. The molecule has 2 aliphatic rings. The van der Waals surface area contributed by atoms with E-state index in [9.17, 15) is 5.11 Å². The van der Waals surface area contributed by atoms with Gasteiger partial charge in [-0.05, 0) is 49.9 Å². The second-order valence-corrected chi connectivity index (χ2v) is 7.97. The smallest absolute Gasteiger partial charge is 0.138 e. The number of fused-ring (bicyclic) bond motifs is 2. The van der Waals surface area contributed by atoms with Gasteiger partial charge in [0.1, 0.15) is 12.2 Å². The van der Waals surface area contributed by atoms with Gasteiger partial charge < -0.3 is 5.11 Å². The normalized spacial score (nSPS) is 38.9. The maximum atomic E-state index is 11.6. The highest BCUT2D eigenvalue weighted by Crippen LogP contribution is 2.68. The highest BCUT2D eigenvalue weighted by molar-refractivity contribution is 5.20. The van der Waals surface area contributed by atoms with Gasteiger partial charge in [0.25, 0.3) is 0 Å². The largest absolute Gasteiger partial charge is 0.388 e. The van der Waals surface area contributed by atoms with E-state index in [-0.39, 0.29) is 16.9 Å². The number of hydrogen-bond donors (Lipinski definition) is 1. The fourth-order valence-corrected chi connectivity index (χ4v) is 4.85. The van der Waals surface area contributed by atoms with Crippen LogP contribution in [0.5, 0.6) is 0 Å². The molecule has 0 radical (unpaired) electrons. The molecule has 0 spiro atoms. The Labute approximate surface area is 121 Å². The molecule has 0 amide bonds. The van der Waals surface area contributed by atoms with Gasteiger partial charge >= 0.3 is 0 Å². The zero-order valence-electron chi connectivity index (χ0n) is 13.3. The summed E-state index contributed by atoms with van der Waals surface area (Å²) < 4.78 is 1.95. The van der Waals surface area contributed by atoms with Gasteiger partial charge in [-0.2, -0.15) is 5.10 Å². The Bertz CT molecular complexity index is 515. The topological polar surface area (TPSA) is 50.9 Å². The summed E-state index contributed by atoms with van der Waals surface area (Å²) in [6, 6.07) is 0.283. The van der Waals surface area contributed by atoms with Crippen LogP contribution in [0.1, 0.15) is 65.7 Å². The molecule has 1 heterocycles. The van der Waals surface area contributed by atoms with E-state index in [1.807, 2.05) is 4.68 Å². The number of rotatable bonds is 3. The number of nitrogens with zero attached hydrogens (tertiary/aromatic N) is 3. The van der Waals surface area contributed by atoms with Crippen LogP contribution in [0.2, 0.25) is 0 Å². The highest BCUT2D eigenvalue weighted by Gasteiger charge is 2.68. The van der Waals surface area contributed by atoms with Crippen molar-refractivity contribution in [3.8, 4) is 0 Å². The molecule has 2 bridgehead atoms. The van der Waals surface area contributed by atoms with E-state index in [4.69, 9.17) is 0 Å². The van der Waals surface area contributed by atoms with E-state index < -0.39 is 5.60 Å². The first-order valence-electron chi connectivity index (χ1n) is 7.82. The predicted molar refractivity (Wildman–Crippen MR) is 78.3 cm³/mol. The summed E-state index contributed by atoms with van der Waals surface area (Å²) >= 11 is 0. The average molecular weight is 277 g/mol. The molecule has 0 saturated heterocycles. The fourth-order valence-electron chi connectivity index (χ4n) is 4.85. The standard InChI is InChI=1S/C16H27N3O/c1-11(2)19-13(17-10-18-19)9-16(20)14(3,4)12-6-7-15(16,5)8-12/h10-12,20H,6-9H2,1-5H3. The van der Waals surface area contributed by atoms with Gasteiger partial charge in [-0.1, -0.05) is 20.8 Å². The number of aromatic nitrogens is 3. The van der Waals surface area contributed by atoms with Crippen molar-refractivity contribution < 1.29 is 5.11 Å². The highest BCUT2D eigenvalue weighted by atomic mass is 16.3. The van der Waals surface area contributed by atoms with Gasteiger partial charge in [0.05, 0.1) is 5.60 Å². The first-order valence-corrected chi connectivity index (χ1v) is 7.82. The summed E-state index contributed by atoms with van der Waals surface area (Å²) in [5.74, 6) is 1.55. The first-order chi connectivity index (χ1) is 9.21. The Morgan fingerprint density at radius 1 is 1.40 bits per heavy atom. The lowest BCUT2D eigenvalue weighted by Gasteiger charge is -2.50. The SMILES string of the molecule is CC(C)n1ncnc1CC1(O)C2(C)CCC(C2)C1(C)C. The average Bonchev–Trinajstić information content (AvgIpc) is 2.98. The van der Waals surface area contributed by atoms with Crippen LogP contribution in [-0.4, -0.2) is 25.5 Å². The van der Waals surface area contributed by atoms with Crippen LogP contribution < -0.4 is 0 Å². The first kappa shape index (κ1) is 14.1. The third kappa shape index (κ3) is 1.57. The molecular weight excluding hydrogens is 250 g/mol. The molecule has 0 aliphatic heterocycles. The predicted octanol–water partition coefficient (Wildman–Crippen LogP) is 2.98. The Kier molecular flexibility index (Phi) is 2.85. The minimum absolute atomic E-state index is 0.0227. The maximum Gasteiger partial charge on any atom is 0.138 e. The van der Waals surface area contributed by atoms with Crippen LogP contribution in [0.4, 0.5) is 0 Å². The van der Waals surface area contributed by atoms with Gasteiger partial charge in [0, 0.05) is 12.5 Å². The van der Waals surface area contributed by atoms with Gasteiger partial charge in [0.2, 0.25) is 0 Å². The van der Waals surface area contributed by atoms with Crippen LogP contribution in [0.3, 0.4) is 0 Å². The van der Waals surface area contributed by atoms with Gasteiger partial charge in [-0.3, -0.25) is 0 Å². The molecule has 3 rings (SSSR count). The lowest BCUT2D eigenvalue weighted by atomic mass is 9.59. The van der Waals surface area contributed by atoms with E-state index in [0.717, 1.165) is 18.7 Å². The molecule has 3 atom stereocenters. The Morgan fingerprint density at radius 3 is 2.65 bits per heavy atom. The minimum Gasteiger partial charge on any atom is -0.388 e. The van der Waals surface area contributed by atoms with Gasteiger partial charge in [0.15, 0.2) is 0 Å². The zero-order valence-corrected chi connectivity index (χ0v) is 13.3. The van der Waals surface area contributed by atoms with Crippen molar-refractivity contribution in [2.75, 3.05) is 0 Å². The minimum atomic E-state index is -0.678. The summed E-state index contributed by atoms with van der Waals surface area (Å²) in [6.07, 6.45) is 5.76. The third-order valence-electron chi connectivity index (χ3n) is 6.38. The van der Waals surface area contributed by atoms with E-state index in [1.165, 1.54) is 6.42 Å². The Balaban J connectivity index is 1.98. The molecule has 3 unspecified atom stereocenters. The molecule has 2 fully saturated rings. The van der Waals surface area contributed by atoms with Crippen LogP contribution in [-0.2, 0) is 6.42 Å². The second-order valence-electron chi connectivity index (χ2n) is 7.97. The van der Waals surface area contributed by atoms with E-state index in [2.05, 4.69) is 44.7 Å². The van der Waals surface area contributed by atoms with Crippen LogP contribution in [0.25, 0.3) is 0 Å². The monoisotopic (exact) mass is 277 g/mol. The summed E-state index contributed by atoms with van der Waals surface area (Å²) in [7, 11) is 0. The quantitative estimate of drug-likeness (QED) is 0.924. The summed E-state index contributed by atoms with van der Waals surface area (Å²) in [5.41, 5.74) is -0.703. The molecule has 1 N–H and O–H groups in total. The molecule has 1 aromatic heterocycles. The van der Waals surface area contributed by atoms with Crippen molar-refractivity contribution in [2.24, 2.45) is 16.7 Å².